The summed E-state index contributed by atoms with van der Waals surface area (Å²) in [6.07, 6.45) is 1.09. The predicted octanol–water partition coefficient (Wildman–Crippen LogP) is 6.06. The van der Waals surface area contributed by atoms with Gasteiger partial charge in [0.1, 0.15) is 11.3 Å². The lowest BCUT2D eigenvalue weighted by Crippen LogP contribution is -2.28. The van der Waals surface area contributed by atoms with Crippen LogP contribution in [0.5, 0.6) is 5.75 Å². The number of pyridine rings is 2. The van der Waals surface area contributed by atoms with Gasteiger partial charge >= 0.3 is 11.9 Å². The molecule has 0 amide bonds. The summed E-state index contributed by atoms with van der Waals surface area (Å²) in [4.78, 5) is 43.9. The van der Waals surface area contributed by atoms with Crippen LogP contribution < -0.4 is 10.3 Å². The molecule has 0 aliphatic carbocycles. The third kappa shape index (κ3) is 7.65. The molecular weight excluding hydrogens is 583 g/mol. The molecule has 0 N–H and O–H groups in total. The van der Waals surface area contributed by atoms with Crippen molar-refractivity contribution in [1.82, 2.24) is 9.55 Å². The van der Waals surface area contributed by atoms with Crippen LogP contribution in [0.25, 0.3) is 11.0 Å². The van der Waals surface area contributed by atoms with Crippen molar-refractivity contribution in [1.29, 1.82) is 0 Å². The number of aryl methyl sites for hydroxylation is 1. The van der Waals surface area contributed by atoms with Gasteiger partial charge in [0.05, 0.1) is 17.7 Å². The van der Waals surface area contributed by atoms with Crippen LogP contribution in [0.15, 0.2) is 65.6 Å². The predicted molar refractivity (Wildman–Crippen MR) is 167 cm³/mol. The van der Waals surface area contributed by atoms with Gasteiger partial charge in [-0.25, -0.2) is 14.0 Å². The molecule has 0 bridgehead atoms. The molecule has 0 saturated heterocycles. The molecule has 232 valence electrons. The van der Waals surface area contributed by atoms with E-state index in [1.807, 2.05) is 0 Å². The largest absolute Gasteiger partial charge is 0.462 e. The molecule has 11 heteroatoms. The molecule has 0 spiro atoms. The van der Waals surface area contributed by atoms with Gasteiger partial charge in [-0.3, -0.25) is 9.78 Å². The highest BCUT2D eigenvalue weighted by Gasteiger charge is 2.27. The molecule has 44 heavy (non-hydrogen) atoms. The van der Waals surface area contributed by atoms with E-state index >= 15 is 0 Å². The molecule has 4 aromatic rings. The Bertz CT molecular complexity index is 1720. The van der Waals surface area contributed by atoms with Gasteiger partial charge < -0.3 is 23.5 Å². The lowest BCUT2D eigenvalue weighted by molar-refractivity contribution is -0.124. The first-order chi connectivity index (χ1) is 20.9. The molecule has 2 aromatic heterocycles. The summed E-state index contributed by atoms with van der Waals surface area (Å²) in [5.41, 5.74) is 1.54. The van der Waals surface area contributed by atoms with Crippen molar-refractivity contribution in [3.63, 3.8) is 0 Å². The van der Waals surface area contributed by atoms with Crippen LogP contribution in [0.3, 0.4) is 0 Å². The fraction of sp³-hybridized carbons (Fsp3) is 0.333. The van der Waals surface area contributed by atoms with E-state index in [9.17, 15) is 18.8 Å². The maximum atomic E-state index is 14.4. The molecule has 2 heterocycles. The number of aromatic nitrogens is 2. The molecular formula is C33H37FN2O7Si. The lowest BCUT2D eigenvalue weighted by Gasteiger charge is -2.22. The fourth-order valence-electron chi connectivity index (χ4n) is 4.65. The number of methoxy groups -OCH3 is 1. The molecule has 1 unspecified atom stereocenters. The van der Waals surface area contributed by atoms with Gasteiger partial charge in [0, 0.05) is 40.6 Å². The number of rotatable bonds is 12. The number of carbonyl (C=O) groups excluding carboxylic acids is 2. The first-order valence-electron chi connectivity index (χ1n) is 14.3. The van der Waals surface area contributed by atoms with Crippen molar-refractivity contribution >= 4 is 31.0 Å². The monoisotopic (exact) mass is 620 g/mol. The Kier molecular flexibility index (Phi) is 10.5. The van der Waals surface area contributed by atoms with Gasteiger partial charge in [0.25, 0.3) is 5.56 Å². The summed E-state index contributed by atoms with van der Waals surface area (Å²) in [5, 5.41) is 0. The molecule has 1 atom stereocenters. The van der Waals surface area contributed by atoms with Crippen molar-refractivity contribution in [2.45, 2.75) is 45.3 Å². The molecule has 4 rings (SSSR count). The Labute approximate surface area is 256 Å². The normalized spacial score (nSPS) is 12.2. The average molecular weight is 621 g/mol. The smallest absolute Gasteiger partial charge is 0.347 e. The molecule has 0 saturated carbocycles. The average Bonchev–Trinajstić information content (AvgIpc) is 2.99. The number of esters is 2. The van der Waals surface area contributed by atoms with E-state index in [1.54, 1.807) is 55.6 Å². The Morgan fingerprint density at radius 1 is 1.05 bits per heavy atom. The van der Waals surface area contributed by atoms with Crippen LogP contribution in [-0.4, -0.2) is 49.9 Å². The maximum absolute atomic E-state index is 14.4. The second-order valence-corrected chi connectivity index (χ2v) is 17.1. The highest BCUT2D eigenvalue weighted by molar-refractivity contribution is 6.76. The standard InChI is InChI=1S/C33H37FN2O7Si/c1-7-41-32(39)27-29(43-31(38)22-11-9-8-10-12-22)28-26(36(2)30(27)37)18-21(20-35-28)17-23-13-14-24(34)19-25(23)33(40-3)42-15-16-44(4,5)6/h8-14,18-20,33H,7,15-17H2,1-6H3. The highest BCUT2D eigenvalue weighted by atomic mass is 28.3. The third-order valence-electron chi connectivity index (χ3n) is 7.02. The molecule has 0 radical (unpaired) electrons. The van der Waals surface area contributed by atoms with Crippen LogP contribution in [0.1, 0.15) is 50.6 Å². The number of nitrogens with zero attached hydrogens (tertiary/aromatic N) is 2. The number of hydrogen-bond donors (Lipinski definition) is 0. The quantitative estimate of drug-likeness (QED) is 0.107. The molecule has 0 aliphatic heterocycles. The Hall–Kier alpha value is -4.19. The summed E-state index contributed by atoms with van der Waals surface area (Å²) >= 11 is 0. The van der Waals surface area contributed by atoms with E-state index in [2.05, 4.69) is 24.6 Å². The van der Waals surface area contributed by atoms with Crippen LogP contribution in [-0.2, 0) is 27.7 Å². The summed E-state index contributed by atoms with van der Waals surface area (Å²) in [6, 6.07) is 15.3. The van der Waals surface area contributed by atoms with E-state index < -0.39 is 43.2 Å². The molecule has 2 aromatic carbocycles. The van der Waals surface area contributed by atoms with Gasteiger partial charge in [-0.15, -0.1) is 0 Å². The van der Waals surface area contributed by atoms with Crippen molar-refractivity contribution in [2.75, 3.05) is 20.3 Å². The zero-order valence-electron chi connectivity index (χ0n) is 25.8. The Balaban J connectivity index is 1.76. The summed E-state index contributed by atoms with van der Waals surface area (Å²) in [7, 11) is 1.65. The van der Waals surface area contributed by atoms with E-state index in [4.69, 9.17) is 18.9 Å². The molecule has 9 nitrogen and oxygen atoms in total. The zero-order chi connectivity index (χ0) is 32.0. The van der Waals surface area contributed by atoms with Crippen molar-refractivity contribution in [2.24, 2.45) is 7.05 Å². The second-order valence-electron chi connectivity index (χ2n) is 11.5. The van der Waals surface area contributed by atoms with Crippen molar-refractivity contribution < 1.29 is 32.9 Å². The zero-order valence-corrected chi connectivity index (χ0v) is 26.8. The Morgan fingerprint density at radius 2 is 1.77 bits per heavy atom. The summed E-state index contributed by atoms with van der Waals surface area (Å²) in [6.45, 7) is 8.85. The SMILES string of the molecule is CCOC(=O)c1c(OC(=O)c2ccccc2)c2ncc(Cc3ccc(F)cc3C(OC)OCC[Si](C)(C)C)cc2n(C)c1=O. The topological polar surface area (TPSA) is 106 Å². The minimum Gasteiger partial charge on any atom is -0.462 e. The van der Waals surface area contributed by atoms with Crippen LogP contribution >= 0.6 is 0 Å². The number of fused-ring (bicyclic) bond motifs is 1. The van der Waals surface area contributed by atoms with E-state index in [0.29, 0.717) is 29.7 Å². The maximum Gasteiger partial charge on any atom is 0.347 e. The van der Waals surface area contributed by atoms with Gasteiger partial charge in [-0.05, 0) is 60.8 Å². The van der Waals surface area contributed by atoms with Gasteiger partial charge in [-0.2, -0.15) is 0 Å². The lowest BCUT2D eigenvalue weighted by atomic mass is 9.99. The van der Waals surface area contributed by atoms with E-state index in [1.165, 1.54) is 30.9 Å². The minimum atomic E-state index is -1.36. The van der Waals surface area contributed by atoms with Crippen LogP contribution in [0.4, 0.5) is 4.39 Å². The summed E-state index contributed by atoms with van der Waals surface area (Å²) < 4.78 is 38.1. The van der Waals surface area contributed by atoms with E-state index in [-0.39, 0.29) is 23.4 Å². The number of hydrogen-bond acceptors (Lipinski definition) is 8. The van der Waals surface area contributed by atoms with Gasteiger partial charge in [0.2, 0.25) is 0 Å². The molecule has 0 fully saturated rings. The molecule has 0 aliphatic rings. The van der Waals surface area contributed by atoms with Crippen molar-refractivity contribution in [3.05, 3.63) is 105 Å². The number of ether oxygens (including phenoxy) is 4. The first-order valence-corrected chi connectivity index (χ1v) is 18.0. The third-order valence-corrected chi connectivity index (χ3v) is 8.73. The summed E-state index contributed by atoms with van der Waals surface area (Å²) in [5.74, 6) is -2.38. The van der Waals surface area contributed by atoms with E-state index in [0.717, 1.165) is 11.6 Å². The minimum absolute atomic E-state index is 0.0167. The van der Waals surface area contributed by atoms with Crippen LogP contribution in [0.2, 0.25) is 25.7 Å². The highest BCUT2D eigenvalue weighted by Crippen LogP contribution is 2.30. The Morgan fingerprint density at radius 3 is 2.43 bits per heavy atom. The van der Waals surface area contributed by atoms with Gasteiger partial charge in [0.15, 0.2) is 17.6 Å². The van der Waals surface area contributed by atoms with Crippen molar-refractivity contribution in [3.8, 4) is 5.75 Å². The second kappa shape index (κ2) is 14.1. The van der Waals surface area contributed by atoms with Gasteiger partial charge in [-0.1, -0.05) is 43.9 Å². The fourth-order valence-corrected chi connectivity index (χ4v) is 5.38. The number of halogens is 1. The number of benzene rings is 2. The van der Waals surface area contributed by atoms with Crippen LogP contribution in [0, 0.1) is 5.82 Å². The number of carbonyl (C=O) groups is 2. The first kappa shape index (κ1) is 32.7.